The summed E-state index contributed by atoms with van der Waals surface area (Å²) in [4.78, 5) is 13.2. The number of aromatic nitrogens is 4. The van der Waals surface area contributed by atoms with E-state index in [0.717, 1.165) is 22.6 Å². The van der Waals surface area contributed by atoms with Crippen LogP contribution in [-0.4, -0.2) is 25.5 Å². The first-order chi connectivity index (χ1) is 14.1. The molecule has 4 rings (SSSR count). The van der Waals surface area contributed by atoms with Gasteiger partial charge in [0.15, 0.2) is 5.69 Å². The van der Waals surface area contributed by atoms with E-state index in [4.69, 9.17) is 0 Å². The monoisotopic (exact) mass is 433 g/mol. The summed E-state index contributed by atoms with van der Waals surface area (Å²) in [6.45, 7) is 3.64. The molecule has 4 aromatic rings. The lowest BCUT2D eigenvalue weighted by molar-refractivity contribution is -0.140. The van der Waals surface area contributed by atoms with Crippen LogP contribution in [0.4, 0.5) is 13.2 Å². The Kier molecular flexibility index (Phi) is 4.89. The van der Waals surface area contributed by atoms with Gasteiger partial charge >= 0.3 is 6.18 Å². The van der Waals surface area contributed by atoms with Crippen LogP contribution in [0.3, 0.4) is 0 Å². The summed E-state index contributed by atoms with van der Waals surface area (Å²) in [6, 6.07) is 9.45. The molecule has 0 aliphatic rings. The van der Waals surface area contributed by atoms with E-state index in [1.165, 1.54) is 10.7 Å². The Hall–Kier alpha value is -3.14. The molecule has 0 radical (unpaired) electrons. The third-order valence-corrected chi connectivity index (χ3v) is 5.83. The first-order valence-corrected chi connectivity index (χ1v) is 9.93. The molecule has 1 atom stereocenters. The number of rotatable bonds is 4. The van der Waals surface area contributed by atoms with Gasteiger partial charge in [-0.1, -0.05) is 18.2 Å². The van der Waals surface area contributed by atoms with Gasteiger partial charge < -0.3 is 5.32 Å². The lowest BCUT2D eigenvalue weighted by atomic mass is 10.1. The standard InChI is InChI=1S/C20H18F3N5OS/c1-11(15-10-27(3)25-12(15)2)24-18(29)16-9-14-17(20(21,22)23)26-28(19(14)30-16)13-7-5-4-6-8-13/h4-11H,1-3H3,(H,24,29). The number of aryl methyl sites for hydroxylation is 2. The maximum Gasteiger partial charge on any atom is 0.435 e. The first kappa shape index (κ1) is 20.1. The van der Waals surface area contributed by atoms with Crippen molar-refractivity contribution in [1.82, 2.24) is 24.9 Å². The van der Waals surface area contributed by atoms with Crippen molar-refractivity contribution >= 4 is 27.5 Å². The number of amides is 1. The molecular weight excluding hydrogens is 415 g/mol. The Bertz CT molecular complexity index is 1220. The molecule has 0 saturated heterocycles. The van der Waals surface area contributed by atoms with Crippen molar-refractivity contribution in [3.8, 4) is 5.69 Å². The van der Waals surface area contributed by atoms with E-state index in [2.05, 4.69) is 15.5 Å². The van der Waals surface area contributed by atoms with Gasteiger partial charge in [0.1, 0.15) is 4.83 Å². The number of thiophene rings is 1. The van der Waals surface area contributed by atoms with E-state index in [1.807, 2.05) is 13.8 Å². The zero-order chi connectivity index (χ0) is 21.6. The molecule has 156 valence electrons. The fraction of sp³-hybridized carbons (Fsp3) is 0.250. The summed E-state index contributed by atoms with van der Waals surface area (Å²) in [5.41, 5.74) is 1.11. The number of alkyl halides is 3. The van der Waals surface area contributed by atoms with E-state index >= 15 is 0 Å². The number of benzene rings is 1. The van der Waals surface area contributed by atoms with Crippen molar-refractivity contribution in [3.05, 3.63) is 64.4 Å². The molecule has 1 amide bonds. The van der Waals surface area contributed by atoms with E-state index in [-0.39, 0.29) is 21.1 Å². The van der Waals surface area contributed by atoms with Gasteiger partial charge in [-0.3, -0.25) is 9.48 Å². The lowest BCUT2D eigenvalue weighted by Gasteiger charge is -2.12. The van der Waals surface area contributed by atoms with Crippen LogP contribution >= 0.6 is 11.3 Å². The molecule has 6 nitrogen and oxygen atoms in total. The fourth-order valence-electron chi connectivity index (χ4n) is 3.36. The molecule has 0 aliphatic heterocycles. The second-order valence-corrected chi connectivity index (χ2v) is 7.99. The van der Waals surface area contributed by atoms with Gasteiger partial charge in [0.2, 0.25) is 0 Å². The number of carbonyl (C=O) groups is 1. The van der Waals surface area contributed by atoms with Crippen molar-refractivity contribution in [2.24, 2.45) is 7.05 Å². The third kappa shape index (κ3) is 3.58. The maximum atomic E-state index is 13.6. The highest BCUT2D eigenvalue weighted by molar-refractivity contribution is 7.20. The van der Waals surface area contributed by atoms with Gasteiger partial charge in [-0.15, -0.1) is 11.3 Å². The lowest BCUT2D eigenvalue weighted by Crippen LogP contribution is -2.26. The topological polar surface area (TPSA) is 64.7 Å². The molecule has 10 heteroatoms. The second-order valence-electron chi connectivity index (χ2n) is 6.96. The third-order valence-electron chi connectivity index (χ3n) is 4.72. The molecule has 0 aliphatic carbocycles. The number of carbonyl (C=O) groups excluding carboxylic acids is 1. The Morgan fingerprint density at radius 3 is 2.50 bits per heavy atom. The number of fused-ring (bicyclic) bond motifs is 1. The quantitative estimate of drug-likeness (QED) is 0.510. The number of hydrogen-bond acceptors (Lipinski definition) is 4. The Labute approximate surface area is 173 Å². The molecule has 1 unspecified atom stereocenters. The minimum absolute atomic E-state index is 0.0910. The number of halogens is 3. The van der Waals surface area contributed by atoms with Gasteiger partial charge in [0.05, 0.1) is 22.3 Å². The highest BCUT2D eigenvalue weighted by Crippen LogP contribution is 2.39. The van der Waals surface area contributed by atoms with Crippen LogP contribution in [0.2, 0.25) is 0 Å². The predicted molar refractivity (Wildman–Crippen MR) is 108 cm³/mol. The normalized spacial score (nSPS) is 13.0. The summed E-state index contributed by atoms with van der Waals surface area (Å²) >= 11 is 0.978. The van der Waals surface area contributed by atoms with Gasteiger partial charge in [-0.25, -0.2) is 4.68 Å². The molecule has 3 aromatic heterocycles. The molecule has 1 N–H and O–H groups in total. The number of para-hydroxylation sites is 1. The van der Waals surface area contributed by atoms with Crippen LogP contribution in [0.1, 0.15) is 39.6 Å². The van der Waals surface area contributed by atoms with Crippen LogP contribution < -0.4 is 5.32 Å². The first-order valence-electron chi connectivity index (χ1n) is 9.11. The minimum atomic E-state index is -4.63. The van der Waals surface area contributed by atoms with Gasteiger partial charge in [0.25, 0.3) is 5.91 Å². The van der Waals surface area contributed by atoms with Crippen LogP contribution in [0, 0.1) is 6.92 Å². The molecule has 0 saturated carbocycles. The molecule has 1 aromatic carbocycles. The smallest absolute Gasteiger partial charge is 0.345 e. The summed E-state index contributed by atoms with van der Waals surface area (Å²) < 4.78 is 43.5. The molecule has 0 spiro atoms. The van der Waals surface area contributed by atoms with Gasteiger partial charge in [-0.05, 0) is 32.0 Å². The van der Waals surface area contributed by atoms with Gasteiger partial charge in [0, 0.05) is 24.2 Å². The van der Waals surface area contributed by atoms with E-state index in [9.17, 15) is 18.0 Å². The Morgan fingerprint density at radius 2 is 1.90 bits per heavy atom. The van der Waals surface area contributed by atoms with Crippen LogP contribution in [0.25, 0.3) is 15.9 Å². The maximum absolute atomic E-state index is 13.6. The zero-order valence-electron chi connectivity index (χ0n) is 16.4. The summed E-state index contributed by atoms with van der Waals surface area (Å²) in [6.07, 6.45) is -2.83. The van der Waals surface area contributed by atoms with Crippen LogP contribution in [-0.2, 0) is 13.2 Å². The number of hydrogen-bond donors (Lipinski definition) is 1. The SMILES string of the molecule is Cc1nn(C)cc1C(C)NC(=O)c1cc2c(C(F)(F)F)nn(-c3ccccc3)c2s1. The summed E-state index contributed by atoms with van der Waals surface area (Å²) in [7, 11) is 1.78. The van der Waals surface area contributed by atoms with Crippen molar-refractivity contribution < 1.29 is 18.0 Å². The highest BCUT2D eigenvalue weighted by Gasteiger charge is 2.38. The minimum Gasteiger partial charge on any atom is -0.345 e. The van der Waals surface area contributed by atoms with Crippen LogP contribution in [0.15, 0.2) is 42.6 Å². The molecule has 0 bridgehead atoms. The fourth-order valence-corrected chi connectivity index (χ4v) is 4.40. The van der Waals surface area contributed by atoms with E-state index < -0.39 is 17.8 Å². The second kappa shape index (κ2) is 7.28. The highest BCUT2D eigenvalue weighted by atomic mass is 32.1. The molecule has 0 fully saturated rings. The summed E-state index contributed by atoms with van der Waals surface area (Å²) in [5.74, 6) is -0.445. The largest absolute Gasteiger partial charge is 0.435 e. The Balaban J connectivity index is 1.72. The molecule has 30 heavy (non-hydrogen) atoms. The van der Waals surface area contributed by atoms with Gasteiger partial charge in [-0.2, -0.15) is 23.4 Å². The van der Waals surface area contributed by atoms with E-state index in [1.54, 1.807) is 48.3 Å². The molecular formula is C20H18F3N5OS. The number of nitrogens with zero attached hydrogens (tertiary/aromatic N) is 4. The average Bonchev–Trinajstić information content (AvgIpc) is 3.34. The van der Waals surface area contributed by atoms with Crippen molar-refractivity contribution in [3.63, 3.8) is 0 Å². The van der Waals surface area contributed by atoms with Crippen molar-refractivity contribution in [2.45, 2.75) is 26.1 Å². The van der Waals surface area contributed by atoms with Crippen molar-refractivity contribution in [2.75, 3.05) is 0 Å². The number of nitrogens with one attached hydrogen (secondary N) is 1. The zero-order valence-corrected chi connectivity index (χ0v) is 17.2. The molecule has 3 heterocycles. The van der Waals surface area contributed by atoms with Crippen LogP contribution in [0.5, 0.6) is 0 Å². The predicted octanol–water partition coefficient (Wildman–Crippen LogP) is 4.64. The van der Waals surface area contributed by atoms with E-state index in [0.29, 0.717) is 5.69 Å². The summed E-state index contributed by atoms with van der Waals surface area (Å²) in [5, 5.41) is 10.8. The average molecular weight is 433 g/mol. The van der Waals surface area contributed by atoms with Crippen molar-refractivity contribution in [1.29, 1.82) is 0 Å². The Morgan fingerprint density at radius 1 is 1.20 bits per heavy atom.